The minimum absolute atomic E-state index is 0.0858. The van der Waals surface area contributed by atoms with Gasteiger partial charge in [0, 0.05) is 13.1 Å². The van der Waals surface area contributed by atoms with E-state index in [9.17, 15) is 13.2 Å². The lowest BCUT2D eigenvalue weighted by Crippen LogP contribution is -2.46. The second kappa shape index (κ2) is 7.24. The fourth-order valence-electron chi connectivity index (χ4n) is 2.85. The van der Waals surface area contributed by atoms with Crippen molar-refractivity contribution >= 4 is 15.9 Å². The van der Waals surface area contributed by atoms with Crippen molar-refractivity contribution in [2.24, 2.45) is 0 Å². The van der Waals surface area contributed by atoms with E-state index in [4.69, 9.17) is 0 Å². The minimum atomic E-state index is -3.65. The average Bonchev–Trinajstić information content (AvgIpc) is 2.53. The Balaban J connectivity index is 2.33. The number of likely N-dealkylation sites (N-methyl/N-ethyl adjacent to an activating group) is 1. The summed E-state index contributed by atoms with van der Waals surface area (Å²) in [5.74, 6) is -0.277. The Hall–Kier alpha value is -1.40. The van der Waals surface area contributed by atoms with Crippen LogP contribution < -0.4 is 5.32 Å². The van der Waals surface area contributed by atoms with Crippen LogP contribution in [0, 0.1) is 6.92 Å². The molecule has 0 radical (unpaired) electrons. The van der Waals surface area contributed by atoms with Gasteiger partial charge in [0.25, 0.3) is 0 Å². The highest BCUT2D eigenvalue weighted by molar-refractivity contribution is 7.89. The zero-order chi connectivity index (χ0) is 16.2. The van der Waals surface area contributed by atoms with Gasteiger partial charge in [-0.25, -0.2) is 8.42 Å². The largest absolute Gasteiger partial charge is 0.358 e. The molecule has 2 rings (SSSR count). The van der Waals surface area contributed by atoms with Crippen molar-refractivity contribution in [3.63, 3.8) is 0 Å². The second-order valence-electron chi connectivity index (χ2n) is 5.83. The molecule has 1 amide bonds. The van der Waals surface area contributed by atoms with Crippen LogP contribution >= 0.6 is 0 Å². The molecule has 0 spiro atoms. The molecular formula is C16H24N2O3S. The molecule has 1 aromatic rings. The predicted octanol–water partition coefficient (Wildman–Crippen LogP) is 2.06. The van der Waals surface area contributed by atoms with E-state index in [0.717, 1.165) is 37.7 Å². The summed E-state index contributed by atoms with van der Waals surface area (Å²) in [6.45, 7) is 1.80. The first kappa shape index (κ1) is 17.0. The van der Waals surface area contributed by atoms with E-state index in [1.807, 2.05) is 6.92 Å². The van der Waals surface area contributed by atoms with Crippen molar-refractivity contribution in [1.82, 2.24) is 9.62 Å². The van der Waals surface area contributed by atoms with E-state index in [1.165, 1.54) is 11.4 Å². The quantitative estimate of drug-likeness (QED) is 0.901. The van der Waals surface area contributed by atoms with Gasteiger partial charge in [-0.3, -0.25) is 4.79 Å². The predicted molar refractivity (Wildman–Crippen MR) is 86.0 cm³/mol. The topological polar surface area (TPSA) is 66.5 Å². The van der Waals surface area contributed by atoms with Gasteiger partial charge < -0.3 is 5.32 Å². The molecule has 1 aliphatic rings. The summed E-state index contributed by atoms with van der Waals surface area (Å²) in [5.41, 5.74) is 1.01. The maximum Gasteiger partial charge on any atom is 0.243 e. The minimum Gasteiger partial charge on any atom is -0.358 e. The maximum absolute atomic E-state index is 12.9. The number of aryl methyl sites for hydroxylation is 1. The lowest BCUT2D eigenvalue weighted by molar-refractivity contribution is -0.121. The van der Waals surface area contributed by atoms with E-state index in [2.05, 4.69) is 5.32 Å². The van der Waals surface area contributed by atoms with Crippen LogP contribution in [0.5, 0.6) is 0 Å². The number of nitrogens with zero attached hydrogens (tertiary/aromatic N) is 1. The Kier molecular flexibility index (Phi) is 5.58. The third kappa shape index (κ3) is 3.87. The number of rotatable bonds is 5. The number of carbonyl (C=O) groups is 1. The molecule has 1 N–H and O–H groups in total. The van der Waals surface area contributed by atoms with Crippen LogP contribution in [0.4, 0.5) is 0 Å². The van der Waals surface area contributed by atoms with Crippen molar-refractivity contribution in [1.29, 1.82) is 0 Å². The van der Waals surface area contributed by atoms with E-state index in [0.29, 0.717) is 0 Å². The molecule has 0 unspecified atom stereocenters. The van der Waals surface area contributed by atoms with Crippen molar-refractivity contribution in [2.45, 2.75) is 50.0 Å². The van der Waals surface area contributed by atoms with Crippen LogP contribution in [0.1, 0.15) is 37.7 Å². The highest BCUT2D eigenvalue weighted by atomic mass is 32.2. The van der Waals surface area contributed by atoms with Gasteiger partial charge in [0.1, 0.15) is 0 Å². The van der Waals surface area contributed by atoms with E-state index in [1.54, 1.807) is 24.3 Å². The Morgan fingerprint density at radius 1 is 1.18 bits per heavy atom. The zero-order valence-corrected chi connectivity index (χ0v) is 14.0. The summed E-state index contributed by atoms with van der Waals surface area (Å²) in [7, 11) is -2.12. The summed E-state index contributed by atoms with van der Waals surface area (Å²) in [5, 5.41) is 2.52. The van der Waals surface area contributed by atoms with Crippen LogP contribution in [-0.2, 0) is 14.8 Å². The summed E-state index contributed by atoms with van der Waals surface area (Å²) in [4.78, 5) is 12.0. The smallest absolute Gasteiger partial charge is 0.243 e. The van der Waals surface area contributed by atoms with Crippen LogP contribution in [-0.4, -0.2) is 38.3 Å². The standard InChI is InChI=1S/C16H24N2O3S/c1-13-8-10-15(11-9-13)22(20,21)18(12-16(19)17-2)14-6-4-3-5-7-14/h8-11,14H,3-7,12H2,1-2H3,(H,17,19). The third-order valence-corrected chi connectivity index (χ3v) is 6.10. The fraction of sp³-hybridized carbons (Fsp3) is 0.562. The molecular weight excluding hydrogens is 300 g/mol. The number of benzene rings is 1. The fourth-order valence-corrected chi connectivity index (χ4v) is 4.49. The van der Waals surface area contributed by atoms with Crippen LogP contribution in [0.25, 0.3) is 0 Å². The van der Waals surface area contributed by atoms with Crippen LogP contribution in [0.2, 0.25) is 0 Å². The normalized spacial score (nSPS) is 16.7. The first-order valence-corrected chi connectivity index (χ1v) is 9.18. The Labute approximate surface area is 132 Å². The van der Waals surface area contributed by atoms with Gasteiger partial charge in [0.2, 0.25) is 15.9 Å². The van der Waals surface area contributed by atoms with Gasteiger partial charge in [-0.05, 0) is 31.9 Å². The Morgan fingerprint density at radius 2 is 1.77 bits per heavy atom. The molecule has 0 saturated heterocycles. The van der Waals surface area contributed by atoms with E-state index < -0.39 is 10.0 Å². The molecule has 0 aliphatic heterocycles. The van der Waals surface area contributed by atoms with E-state index >= 15 is 0 Å². The summed E-state index contributed by atoms with van der Waals surface area (Å²) in [6, 6.07) is 6.71. The van der Waals surface area contributed by atoms with Gasteiger partial charge in [0.05, 0.1) is 11.4 Å². The number of hydrogen-bond acceptors (Lipinski definition) is 3. The second-order valence-corrected chi connectivity index (χ2v) is 7.72. The van der Waals surface area contributed by atoms with Gasteiger partial charge in [-0.1, -0.05) is 37.0 Å². The first-order valence-electron chi connectivity index (χ1n) is 7.74. The Morgan fingerprint density at radius 3 is 2.32 bits per heavy atom. The summed E-state index contributed by atoms with van der Waals surface area (Å²) in [6.07, 6.45) is 4.80. The number of hydrogen-bond donors (Lipinski definition) is 1. The molecule has 0 aromatic heterocycles. The van der Waals surface area contributed by atoms with Crippen molar-refractivity contribution in [2.75, 3.05) is 13.6 Å². The summed E-state index contributed by atoms with van der Waals surface area (Å²) >= 11 is 0. The van der Waals surface area contributed by atoms with E-state index in [-0.39, 0.29) is 23.4 Å². The molecule has 1 saturated carbocycles. The molecule has 1 aromatic carbocycles. The van der Waals surface area contributed by atoms with Crippen LogP contribution in [0.15, 0.2) is 29.2 Å². The molecule has 122 valence electrons. The SMILES string of the molecule is CNC(=O)CN(C1CCCCC1)S(=O)(=O)c1ccc(C)cc1. The molecule has 1 aliphatic carbocycles. The molecule has 5 nitrogen and oxygen atoms in total. The monoisotopic (exact) mass is 324 g/mol. The molecule has 1 fully saturated rings. The van der Waals surface area contributed by atoms with Gasteiger partial charge in [-0.15, -0.1) is 0 Å². The lowest BCUT2D eigenvalue weighted by Gasteiger charge is -2.32. The first-order chi connectivity index (χ1) is 10.4. The van der Waals surface area contributed by atoms with Gasteiger partial charge >= 0.3 is 0 Å². The third-order valence-electron chi connectivity index (χ3n) is 4.19. The molecule has 0 bridgehead atoms. The molecule has 0 atom stereocenters. The molecule has 6 heteroatoms. The molecule has 0 heterocycles. The summed E-state index contributed by atoms with van der Waals surface area (Å²) < 4.78 is 27.3. The lowest BCUT2D eigenvalue weighted by atomic mass is 9.95. The highest BCUT2D eigenvalue weighted by Gasteiger charge is 2.33. The van der Waals surface area contributed by atoms with Gasteiger partial charge in [-0.2, -0.15) is 4.31 Å². The number of sulfonamides is 1. The number of carbonyl (C=O) groups excluding carboxylic acids is 1. The molecule has 22 heavy (non-hydrogen) atoms. The average molecular weight is 324 g/mol. The highest BCUT2D eigenvalue weighted by Crippen LogP contribution is 2.27. The van der Waals surface area contributed by atoms with Crippen LogP contribution in [0.3, 0.4) is 0 Å². The van der Waals surface area contributed by atoms with Gasteiger partial charge in [0.15, 0.2) is 0 Å². The van der Waals surface area contributed by atoms with Crippen molar-refractivity contribution in [3.8, 4) is 0 Å². The maximum atomic E-state index is 12.9. The van der Waals surface area contributed by atoms with Crippen molar-refractivity contribution in [3.05, 3.63) is 29.8 Å². The number of nitrogens with one attached hydrogen (secondary N) is 1. The number of amides is 1. The zero-order valence-electron chi connectivity index (χ0n) is 13.2. The van der Waals surface area contributed by atoms with Crippen molar-refractivity contribution < 1.29 is 13.2 Å². The Bertz CT molecular complexity index is 605.